The Balaban J connectivity index is 1.82. The van der Waals surface area contributed by atoms with Crippen LogP contribution in [0.2, 0.25) is 10.0 Å². The van der Waals surface area contributed by atoms with E-state index in [4.69, 9.17) is 23.2 Å². The Labute approximate surface area is 159 Å². The quantitative estimate of drug-likeness (QED) is 0.713. The van der Waals surface area contributed by atoms with Gasteiger partial charge >= 0.3 is 0 Å². The minimum Gasteiger partial charge on any atom is -0.355 e. The summed E-state index contributed by atoms with van der Waals surface area (Å²) in [5.74, 6) is -0.667. The molecule has 0 bridgehead atoms. The number of hydrogen-bond acceptors (Lipinski definition) is 3. The molecule has 0 unspecified atom stereocenters. The molecule has 0 atom stereocenters. The van der Waals surface area contributed by atoms with Gasteiger partial charge in [-0.1, -0.05) is 29.3 Å². The minimum absolute atomic E-state index is 0.272. The van der Waals surface area contributed by atoms with E-state index in [1.807, 2.05) is 6.07 Å². The van der Waals surface area contributed by atoms with E-state index in [-0.39, 0.29) is 5.91 Å². The summed E-state index contributed by atoms with van der Waals surface area (Å²) in [5.41, 5.74) is 1.80. The van der Waals surface area contributed by atoms with Gasteiger partial charge in [-0.25, -0.2) is 4.68 Å². The van der Waals surface area contributed by atoms with E-state index < -0.39 is 5.91 Å². The Bertz CT molecular complexity index is 985. The molecule has 0 radical (unpaired) electrons. The van der Waals surface area contributed by atoms with Crippen molar-refractivity contribution in [3.05, 3.63) is 76.0 Å². The Morgan fingerprint density at radius 1 is 1.04 bits per heavy atom. The van der Waals surface area contributed by atoms with Crippen LogP contribution in [0.25, 0.3) is 5.69 Å². The molecule has 8 heteroatoms. The number of amides is 2. The number of rotatable bonds is 4. The highest BCUT2D eigenvalue weighted by Crippen LogP contribution is 2.24. The summed E-state index contributed by atoms with van der Waals surface area (Å²) in [6.07, 6.45) is 3.02. The lowest BCUT2D eigenvalue weighted by atomic mass is 10.2. The maximum atomic E-state index is 12.5. The molecule has 0 saturated heterocycles. The lowest BCUT2D eigenvalue weighted by molar-refractivity contribution is 0.0961. The molecule has 6 nitrogen and oxygen atoms in total. The number of nitrogens with one attached hydrogen (secondary N) is 2. The standard InChI is InChI=1S/C18H14Cl2N4O2/c1-21-17(25)11-5-6-15(20)16(7-11)23-18(26)12-9-22-24(10-12)14-4-2-3-13(19)8-14/h2-10H,1H3,(H,21,25)(H,23,26). The molecule has 3 aromatic rings. The van der Waals surface area contributed by atoms with E-state index in [1.165, 1.54) is 19.3 Å². The summed E-state index contributed by atoms with van der Waals surface area (Å²) < 4.78 is 1.54. The average Bonchev–Trinajstić information content (AvgIpc) is 3.13. The molecule has 0 fully saturated rings. The first-order chi connectivity index (χ1) is 12.5. The highest BCUT2D eigenvalue weighted by atomic mass is 35.5. The molecule has 0 spiro atoms. The number of hydrogen-bond donors (Lipinski definition) is 2. The Kier molecular flexibility index (Phi) is 5.25. The Hall–Kier alpha value is -2.83. The van der Waals surface area contributed by atoms with Gasteiger partial charge in [0.25, 0.3) is 11.8 Å². The van der Waals surface area contributed by atoms with Gasteiger partial charge < -0.3 is 10.6 Å². The van der Waals surface area contributed by atoms with Crippen LogP contribution in [0.5, 0.6) is 0 Å². The molecular formula is C18H14Cl2N4O2. The molecule has 3 rings (SSSR count). The van der Waals surface area contributed by atoms with Crippen molar-refractivity contribution in [1.29, 1.82) is 0 Å². The fourth-order valence-corrected chi connectivity index (χ4v) is 2.65. The first-order valence-electron chi connectivity index (χ1n) is 7.61. The fourth-order valence-electron chi connectivity index (χ4n) is 2.30. The lowest BCUT2D eigenvalue weighted by Gasteiger charge is -2.08. The number of nitrogens with zero attached hydrogens (tertiary/aromatic N) is 2. The highest BCUT2D eigenvalue weighted by Gasteiger charge is 2.13. The first-order valence-corrected chi connectivity index (χ1v) is 8.37. The second-order valence-corrected chi connectivity index (χ2v) is 6.22. The van der Waals surface area contributed by atoms with E-state index in [9.17, 15) is 9.59 Å². The van der Waals surface area contributed by atoms with Gasteiger partial charge in [-0.15, -0.1) is 0 Å². The third kappa shape index (κ3) is 3.87. The van der Waals surface area contributed by atoms with Crippen LogP contribution in [0.1, 0.15) is 20.7 Å². The zero-order valence-electron chi connectivity index (χ0n) is 13.7. The topological polar surface area (TPSA) is 76.0 Å². The molecular weight excluding hydrogens is 375 g/mol. The zero-order valence-corrected chi connectivity index (χ0v) is 15.2. The third-order valence-electron chi connectivity index (χ3n) is 3.62. The van der Waals surface area contributed by atoms with Crippen LogP contribution in [0, 0.1) is 0 Å². The van der Waals surface area contributed by atoms with E-state index in [1.54, 1.807) is 41.2 Å². The van der Waals surface area contributed by atoms with Crippen LogP contribution in [0.3, 0.4) is 0 Å². The van der Waals surface area contributed by atoms with Crippen LogP contribution in [-0.2, 0) is 0 Å². The number of halogens is 2. The van der Waals surface area contributed by atoms with Gasteiger partial charge in [-0.3, -0.25) is 9.59 Å². The van der Waals surface area contributed by atoms with Crippen molar-refractivity contribution in [2.45, 2.75) is 0 Å². The first kappa shape index (κ1) is 18.0. The normalized spacial score (nSPS) is 10.4. The van der Waals surface area contributed by atoms with Gasteiger partial charge in [-0.05, 0) is 36.4 Å². The third-order valence-corrected chi connectivity index (χ3v) is 4.19. The number of carbonyl (C=O) groups is 2. The maximum absolute atomic E-state index is 12.5. The van der Waals surface area contributed by atoms with E-state index in [0.29, 0.717) is 26.9 Å². The number of carbonyl (C=O) groups excluding carboxylic acids is 2. The molecule has 0 aliphatic rings. The minimum atomic E-state index is -0.394. The average molecular weight is 389 g/mol. The molecule has 0 aliphatic carbocycles. The second-order valence-electron chi connectivity index (χ2n) is 5.38. The van der Waals surface area contributed by atoms with Gasteiger partial charge in [0.05, 0.1) is 28.2 Å². The van der Waals surface area contributed by atoms with Crippen LogP contribution in [-0.4, -0.2) is 28.6 Å². The molecule has 2 N–H and O–H groups in total. The summed E-state index contributed by atoms with van der Waals surface area (Å²) in [6.45, 7) is 0. The van der Waals surface area contributed by atoms with Crippen LogP contribution >= 0.6 is 23.2 Å². The van der Waals surface area contributed by atoms with Crippen molar-refractivity contribution in [1.82, 2.24) is 15.1 Å². The van der Waals surface area contributed by atoms with Gasteiger partial charge in [0, 0.05) is 23.8 Å². The van der Waals surface area contributed by atoms with Crippen molar-refractivity contribution in [3.8, 4) is 5.69 Å². The van der Waals surface area contributed by atoms with Crippen molar-refractivity contribution >= 4 is 40.7 Å². The van der Waals surface area contributed by atoms with Gasteiger partial charge in [0.1, 0.15) is 0 Å². The molecule has 0 saturated carbocycles. The van der Waals surface area contributed by atoms with E-state index >= 15 is 0 Å². The summed E-state index contributed by atoms with van der Waals surface area (Å²) in [5, 5.41) is 10.3. The molecule has 26 heavy (non-hydrogen) atoms. The monoisotopic (exact) mass is 388 g/mol. The number of benzene rings is 2. The lowest BCUT2D eigenvalue weighted by Crippen LogP contribution is -2.18. The van der Waals surface area contributed by atoms with Gasteiger partial charge in [0.15, 0.2) is 0 Å². The van der Waals surface area contributed by atoms with E-state index in [2.05, 4.69) is 15.7 Å². The summed E-state index contributed by atoms with van der Waals surface area (Å²) in [7, 11) is 1.53. The molecule has 1 heterocycles. The van der Waals surface area contributed by atoms with Crippen molar-refractivity contribution in [3.63, 3.8) is 0 Å². The van der Waals surface area contributed by atoms with Crippen LogP contribution < -0.4 is 10.6 Å². The molecule has 0 aliphatic heterocycles. The predicted octanol–water partition coefficient (Wildman–Crippen LogP) is 3.79. The summed E-state index contributed by atoms with van der Waals surface area (Å²) >= 11 is 12.1. The number of anilines is 1. The smallest absolute Gasteiger partial charge is 0.258 e. The highest BCUT2D eigenvalue weighted by molar-refractivity contribution is 6.34. The number of aromatic nitrogens is 2. The SMILES string of the molecule is CNC(=O)c1ccc(Cl)c(NC(=O)c2cnn(-c3cccc(Cl)c3)c2)c1. The van der Waals surface area contributed by atoms with Crippen LogP contribution in [0.4, 0.5) is 5.69 Å². The van der Waals surface area contributed by atoms with Gasteiger partial charge in [-0.2, -0.15) is 5.10 Å². The van der Waals surface area contributed by atoms with Crippen molar-refractivity contribution in [2.24, 2.45) is 0 Å². The predicted molar refractivity (Wildman–Crippen MR) is 101 cm³/mol. The van der Waals surface area contributed by atoms with Crippen LogP contribution in [0.15, 0.2) is 54.9 Å². The molecule has 1 aromatic heterocycles. The second kappa shape index (κ2) is 7.59. The Morgan fingerprint density at radius 3 is 2.58 bits per heavy atom. The molecule has 2 aromatic carbocycles. The van der Waals surface area contributed by atoms with Crippen molar-refractivity contribution in [2.75, 3.05) is 12.4 Å². The largest absolute Gasteiger partial charge is 0.355 e. The Morgan fingerprint density at radius 2 is 1.85 bits per heavy atom. The van der Waals surface area contributed by atoms with Gasteiger partial charge in [0.2, 0.25) is 0 Å². The van der Waals surface area contributed by atoms with Crippen molar-refractivity contribution < 1.29 is 9.59 Å². The fraction of sp³-hybridized carbons (Fsp3) is 0.0556. The summed E-state index contributed by atoms with van der Waals surface area (Å²) in [4.78, 5) is 24.2. The van der Waals surface area contributed by atoms with E-state index in [0.717, 1.165) is 5.69 Å². The zero-order chi connectivity index (χ0) is 18.7. The maximum Gasteiger partial charge on any atom is 0.258 e. The summed E-state index contributed by atoms with van der Waals surface area (Å²) in [6, 6.07) is 11.8. The molecule has 132 valence electrons. The molecule has 2 amide bonds.